The van der Waals surface area contributed by atoms with E-state index in [0.717, 1.165) is 25.8 Å². The fourth-order valence-electron chi connectivity index (χ4n) is 2.97. The van der Waals surface area contributed by atoms with E-state index in [2.05, 4.69) is 37.8 Å². The Bertz CT molecular complexity index is 424. The van der Waals surface area contributed by atoms with Gasteiger partial charge in [-0.2, -0.15) is 0 Å². The van der Waals surface area contributed by atoms with Gasteiger partial charge in [0, 0.05) is 18.0 Å². The van der Waals surface area contributed by atoms with Crippen molar-refractivity contribution in [1.82, 2.24) is 4.90 Å². The lowest BCUT2D eigenvalue weighted by molar-refractivity contribution is -0.143. The number of rotatable bonds is 3. The third-order valence-electron chi connectivity index (χ3n) is 4.13. The third kappa shape index (κ3) is 3.37. The summed E-state index contributed by atoms with van der Waals surface area (Å²) in [5.41, 5.74) is 0.929. The van der Waals surface area contributed by atoms with Gasteiger partial charge < -0.3 is 4.90 Å². The lowest BCUT2D eigenvalue weighted by Gasteiger charge is -2.39. The summed E-state index contributed by atoms with van der Waals surface area (Å²) >= 11 is 0. The van der Waals surface area contributed by atoms with Crippen molar-refractivity contribution < 1.29 is 4.79 Å². The lowest BCUT2D eigenvalue weighted by atomic mass is 9.83. The van der Waals surface area contributed by atoms with Gasteiger partial charge in [-0.25, -0.2) is 0 Å². The van der Waals surface area contributed by atoms with E-state index in [1.54, 1.807) is 0 Å². The smallest absolute Gasteiger partial charge is 0.228 e. The number of carbonyl (C=O) groups is 1. The lowest BCUT2D eigenvalue weighted by Crippen LogP contribution is -2.48. The van der Waals surface area contributed by atoms with Gasteiger partial charge in [-0.1, -0.05) is 44.2 Å². The normalized spacial score (nSPS) is 20.4. The fourth-order valence-corrected chi connectivity index (χ4v) is 2.97. The van der Waals surface area contributed by atoms with Gasteiger partial charge in [-0.3, -0.25) is 4.79 Å². The van der Waals surface area contributed by atoms with Crippen molar-refractivity contribution in [3.63, 3.8) is 0 Å². The quantitative estimate of drug-likeness (QED) is 0.811. The van der Waals surface area contributed by atoms with Crippen molar-refractivity contribution in [3.8, 4) is 0 Å². The summed E-state index contributed by atoms with van der Waals surface area (Å²) in [5.74, 6) is 0.309. The molecule has 104 valence electrons. The molecule has 1 unspecified atom stereocenters. The Labute approximate surface area is 116 Å². The summed E-state index contributed by atoms with van der Waals surface area (Å²) < 4.78 is 0. The van der Waals surface area contributed by atoms with Crippen LogP contribution in [0, 0.1) is 5.41 Å². The van der Waals surface area contributed by atoms with Crippen LogP contribution < -0.4 is 0 Å². The molecular formula is C17H25NO. The molecular weight excluding hydrogens is 234 g/mol. The number of piperidine rings is 1. The van der Waals surface area contributed by atoms with Crippen molar-refractivity contribution in [2.75, 3.05) is 6.54 Å². The Kier molecular flexibility index (Phi) is 4.28. The first kappa shape index (κ1) is 14.1. The highest BCUT2D eigenvalue weighted by atomic mass is 16.2. The molecule has 1 atom stereocenters. The summed E-state index contributed by atoms with van der Waals surface area (Å²) in [6.45, 7) is 7.25. The molecule has 19 heavy (non-hydrogen) atoms. The van der Waals surface area contributed by atoms with Gasteiger partial charge in [0.25, 0.3) is 0 Å². The van der Waals surface area contributed by atoms with Crippen molar-refractivity contribution in [1.29, 1.82) is 0 Å². The molecule has 1 saturated heterocycles. The highest BCUT2D eigenvalue weighted by Gasteiger charge is 2.35. The number of hydrogen-bond donors (Lipinski definition) is 0. The number of carbonyl (C=O) groups excluding carboxylic acids is 1. The number of benzene rings is 1. The van der Waals surface area contributed by atoms with Crippen LogP contribution in [0.3, 0.4) is 0 Å². The van der Waals surface area contributed by atoms with Crippen LogP contribution in [0.4, 0.5) is 0 Å². The molecule has 1 aromatic carbocycles. The Morgan fingerprint density at radius 1 is 1.26 bits per heavy atom. The van der Waals surface area contributed by atoms with E-state index >= 15 is 0 Å². The minimum atomic E-state index is -0.313. The Morgan fingerprint density at radius 3 is 2.58 bits per heavy atom. The molecule has 0 aromatic heterocycles. The SMILES string of the molecule is CC1CCCCN1C(=O)C(C)(C)Cc1ccccc1. The number of likely N-dealkylation sites (tertiary alicyclic amines) is 1. The molecule has 2 nitrogen and oxygen atoms in total. The van der Waals surface area contributed by atoms with E-state index in [4.69, 9.17) is 0 Å². The second kappa shape index (κ2) is 5.77. The van der Waals surface area contributed by atoms with Gasteiger partial charge in [0.1, 0.15) is 0 Å². The van der Waals surface area contributed by atoms with Crippen molar-refractivity contribution in [2.24, 2.45) is 5.41 Å². The minimum Gasteiger partial charge on any atom is -0.340 e. The van der Waals surface area contributed by atoms with Crippen LogP contribution in [0.5, 0.6) is 0 Å². The maximum atomic E-state index is 12.8. The Balaban J connectivity index is 2.08. The Hall–Kier alpha value is -1.31. The van der Waals surface area contributed by atoms with Gasteiger partial charge in [0.05, 0.1) is 0 Å². The summed E-state index contributed by atoms with van der Waals surface area (Å²) in [6, 6.07) is 10.7. The molecule has 1 aliphatic heterocycles. The van der Waals surface area contributed by atoms with E-state index in [0.29, 0.717) is 11.9 Å². The van der Waals surface area contributed by atoms with E-state index in [1.165, 1.54) is 12.0 Å². The largest absolute Gasteiger partial charge is 0.340 e. The maximum absolute atomic E-state index is 12.8. The maximum Gasteiger partial charge on any atom is 0.228 e. The molecule has 1 aliphatic rings. The average Bonchev–Trinajstić information content (AvgIpc) is 2.39. The third-order valence-corrected chi connectivity index (χ3v) is 4.13. The topological polar surface area (TPSA) is 20.3 Å². The van der Waals surface area contributed by atoms with Crippen LogP contribution in [0.25, 0.3) is 0 Å². The van der Waals surface area contributed by atoms with Crippen molar-refractivity contribution in [2.45, 2.75) is 52.5 Å². The number of hydrogen-bond acceptors (Lipinski definition) is 1. The molecule has 0 bridgehead atoms. The number of amides is 1. The van der Waals surface area contributed by atoms with Gasteiger partial charge in [-0.15, -0.1) is 0 Å². The Morgan fingerprint density at radius 2 is 1.95 bits per heavy atom. The fraction of sp³-hybridized carbons (Fsp3) is 0.588. The van der Waals surface area contributed by atoms with Crippen LogP contribution >= 0.6 is 0 Å². The summed E-state index contributed by atoms with van der Waals surface area (Å²) in [4.78, 5) is 14.9. The van der Waals surface area contributed by atoms with Gasteiger partial charge in [-0.05, 0) is 38.2 Å². The zero-order chi connectivity index (χ0) is 13.9. The molecule has 1 heterocycles. The second-order valence-electron chi connectivity index (χ2n) is 6.39. The second-order valence-corrected chi connectivity index (χ2v) is 6.39. The van der Waals surface area contributed by atoms with Crippen LogP contribution in [-0.2, 0) is 11.2 Å². The molecule has 0 aliphatic carbocycles. The zero-order valence-electron chi connectivity index (χ0n) is 12.4. The first-order valence-electron chi connectivity index (χ1n) is 7.36. The van der Waals surface area contributed by atoms with Crippen LogP contribution in [0.1, 0.15) is 45.6 Å². The summed E-state index contributed by atoms with van der Waals surface area (Å²) in [6.07, 6.45) is 4.37. The van der Waals surface area contributed by atoms with E-state index in [1.807, 2.05) is 18.2 Å². The van der Waals surface area contributed by atoms with Crippen LogP contribution in [0.15, 0.2) is 30.3 Å². The van der Waals surface area contributed by atoms with Gasteiger partial charge in [0.2, 0.25) is 5.91 Å². The van der Waals surface area contributed by atoms with E-state index < -0.39 is 0 Å². The number of nitrogens with zero attached hydrogens (tertiary/aromatic N) is 1. The standard InChI is InChI=1S/C17H25NO/c1-14-9-7-8-12-18(14)16(19)17(2,3)13-15-10-5-4-6-11-15/h4-6,10-11,14H,7-9,12-13H2,1-3H3. The predicted octanol–water partition coefficient (Wildman–Crippen LogP) is 3.66. The van der Waals surface area contributed by atoms with Crippen LogP contribution in [-0.4, -0.2) is 23.4 Å². The van der Waals surface area contributed by atoms with Crippen molar-refractivity contribution >= 4 is 5.91 Å². The van der Waals surface area contributed by atoms with Crippen LogP contribution in [0.2, 0.25) is 0 Å². The van der Waals surface area contributed by atoms with Gasteiger partial charge in [0.15, 0.2) is 0 Å². The molecule has 0 saturated carbocycles. The average molecular weight is 259 g/mol. The molecule has 0 spiro atoms. The monoisotopic (exact) mass is 259 g/mol. The minimum absolute atomic E-state index is 0.309. The highest BCUT2D eigenvalue weighted by Crippen LogP contribution is 2.28. The zero-order valence-corrected chi connectivity index (χ0v) is 12.4. The molecule has 1 aromatic rings. The first-order chi connectivity index (χ1) is 9.00. The molecule has 1 amide bonds. The first-order valence-corrected chi connectivity index (χ1v) is 7.36. The molecule has 0 radical (unpaired) electrons. The van der Waals surface area contributed by atoms with Gasteiger partial charge >= 0.3 is 0 Å². The van der Waals surface area contributed by atoms with E-state index in [9.17, 15) is 4.79 Å². The summed E-state index contributed by atoms with van der Waals surface area (Å²) in [5, 5.41) is 0. The van der Waals surface area contributed by atoms with E-state index in [-0.39, 0.29) is 5.41 Å². The highest BCUT2D eigenvalue weighted by molar-refractivity contribution is 5.82. The predicted molar refractivity (Wildman–Crippen MR) is 79.0 cm³/mol. The molecule has 2 rings (SSSR count). The molecule has 2 heteroatoms. The van der Waals surface area contributed by atoms with Crippen molar-refractivity contribution in [3.05, 3.63) is 35.9 Å². The summed E-state index contributed by atoms with van der Waals surface area (Å²) in [7, 11) is 0. The molecule has 1 fully saturated rings. The molecule has 0 N–H and O–H groups in total.